The first kappa shape index (κ1) is 28.8. The molecule has 0 aliphatic heterocycles. The molecule has 49 heavy (non-hydrogen) atoms. The second kappa shape index (κ2) is 12.3. The molecular weight excluding hydrogens is 591 g/mol. The fourth-order valence-corrected chi connectivity index (χ4v) is 7.17. The van der Waals surface area contributed by atoms with Crippen LogP contribution in [0.25, 0.3) is 65.7 Å². The minimum atomic E-state index is 1.10. The van der Waals surface area contributed by atoms with E-state index in [0.29, 0.717) is 0 Å². The molecule has 0 bridgehead atoms. The van der Waals surface area contributed by atoms with Crippen molar-refractivity contribution in [3.8, 4) is 33.4 Å². The van der Waals surface area contributed by atoms with Gasteiger partial charge in [0.15, 0.2) is 0 Å². The third kappa shape index (κ3) is 5.42. The Kier molecular flexibility index (Phi) is 7.22. The zero-order valence-electron chi connectivity index (χ0n) is 27.0. The van der Waals surface area contributed by atoms with Crippen LogP contribution in [0.1, 0.15) is 0 Å². The average Bonchev–Trinajstić information content (AvgIpc) is 3.18. The van der Waals surface area contributed by atoms with Crippen LogP contribution < -0.4 is 4.90 Å². The number of hydrogen-bond acceptors (Lipinski definition) is 1. The van der Waals surface area contributed by atoms with Gasteiger partial charge in [-0.2, -0.15) is 0 Å². The van der Waals surface area contributed by atoms with Gasteiger partial charge in [-0.05, 0) is 103 Å². The minimum absolute atomic E-state index is 1.10. The lowest BCUT2D eigenvalue weighted by Gasteiger charge is -2.30. The Bertz CT molecular complexity index is 2550. The van der Waals surface area contributed by atoms with Crippen molar-refractivity contribution in [2.75, 3.05) is 4.90 Å². The van der Waals surface area contributed by atoms with Crippen LogP contribution in [0, 0.1) is 0 Å². The van der Waals surface area contributed by atoms with Crippen LogP contribution in [0.2, 0.25) is 0 Å². The number of rotatable bonds is 6. The topological polar surface area (TPSA) is 3.24 Å². The molecule has 0 fully saturated rings. The largest absolute Gasteiger partial charge is 0.310 e. The molecule has 0 unspecified atom stereocenters. The lowest BCUT2D eigenvalue weighted by atomic mass is 9.92. The van der Waals surface area contributed by atoms with E-state index >= 15 is 0 Å². The summed E-state index contributed by atoms with van der Waals surface area (Å²) in [6.45, 7) is 0. The highest BCUT2D eigenvalue weighted by Gasteiger charge is 2.21. The first-order valence-corrected chi connectivity index (χ1v) is 16.8. The quantitative estimate of drug-likeness (QED) is 0.178. The fraction of sp³-hybridized carbons (Fsp3) is 0. The molecule has 0 heterocycles. The Hall–Kier alpha value is -6.44. The van der Waals surface area contributed by atoms with E-state index < -0.39 is 0 Å². The van der Waals surface area contributed by atoms with Gasteiger partial charge in [-0.25, -0.2) is 0 Å². The Labute approximate surface area is 287 Å². The highest BCUT2D eigenvalue weighted by atomic mass is 15.1. The second-order valence-corrected chi connectivity index (χ2v) is 12.6. The normalized spacial score (nSPS) is 11.3. The lowest BCUT2D eigenvalue weighted by Crippen LogP contribution is -2.12. The molecule has 0 atom stereocenters. The van der Waals surface area contributed by atoms with Gasteiger partial charge in [0.1, 0.15) is 0 Å². The summed E-state index contributed by atoms with van der Waals surface area (Å²) in [5, 5.41) is 7.35. The van der Waals surface area contributed by atoms with Crippen LogP contribution in [0.15, 0.2) is 200 Å². The number of hydrogen-bond donors (Lipinski definition) is 0. The van der Waals surface area contributed by atoms with Gasteiger partial charge < -0.3 is 4.90 Å². The van der Waals surface area contributed by atoms with Gasteiger partial charge in [-0.1, -0.05) is 158 Å². The van der Waals surface area contributed by atoms with Crippen molar-refractivity contribution in [3.05, 3.63) is 200 Å². The summed E-state index contributed by atoms with van der Waals surface area (Å²) in [6.07, 6.45) is 0. The van der Waals surface area contributed by atoms with E-state index in [0.717, 1.165) is 17.1 Å². The van der Waals surface area contributed by atoms with Crippen LogP contribution in [-0.2, 0) is 0 Å². The highest BCUT2D eigenvalue weighted by Crippen LogP contribution is 2.47. The molecule has 9 aromatic rings. The van der Waals surface area contributed by atoms with Crippen LogP contribution in [0.4, 0.5) is 17.1 Å². The Balaban J connectivity index is 1.37. The van der Waals surface area contributed by atoms with Gasteiger partial charge in [0.2, 0.25) is 0 Å². The molecule has 0 aromatic heterocycles. The maximum Gasteiger partial charge on any atom is 0.0546 e. The van der Waals surface area contributed by atoms with Crippen molar-refractivity contribution < 1.29 is 0 Å². The smallest absolute Gasteiger partial charge is 0.0546 e. The van der Waals surface area contributed by atoms with E-state index in [-0.39, 0.29) is 0 Å². The summed E-state index contributed by atoms with van der Waals surface area (Å²) in [5.41, 5.74) is 10.5. The van der Waals surface area contributed by atoms with Crippen LogP contribution >= 0.6 is 0 Å². The Morgan fingerprint density at radius 3 is 1.43 bits per heavy atom. The Morgan fingerprint density at radius 1 is 0.265 bits per heavy atom. The monoisotopic (exact) mass is 623 g/mol. The molecule has 0 radical (unpaired) electrons. The van der Waals surface area contributed by atoms with Crippen molar-refractivity contribution in [1.29, 1.82) is 0 Å². The molecule has 230 valence electrons. The molecule has 0 N–H and O–H groups in total. The standard InChI is InChI=1S/C48H33N/c1-3-13-34(14-4-1)42-30-43(35-15-5-2-6-16-35)33-45(32-42)49(44-27-25-37-18-8-10-21-40(37)31-44)47-28-26-38-19-11-12-22-46(38)48(47)41-24-23-36-17-7-9-20-39(36)29-41/h1-33H. The summed E-state index contributed by atoms with van der Waals surface area (Å²) < 4.78 is 0. The molecule has 9 aromatic carbocycles. The lowest BCUT2D eigenvalue weighted by molar-refractivity contribution is 1.29. The van der Waals surface area contributed by atoms with Crippen molar-refractivity contribution in [1.82, 2.24) is 0 Å². The Morgan fingerprint density at radius 2 is 0.776 bits per heavy atom. The van der Waals surface area contributed by atoms with Gasteiger partial charge in [-0.3, -0.25) is 0 Å². The minimum Gasteiger partial charge on any atom is -0.310 e. The maximum atomic E-state index is 2.46. The third-order valence-corrected chi connectivity index (χ3v) is 9.57. The van der Waals surface area contributed by atoms with Gasteiger partial charge in [-0.15, -0.1) is 0 Å². The van der Waals surface area contributed by atoms with E-state index in [1.807, 2.05) is 0 Å². The van der Waals surface area contributed by atoms with E-state index in [9.17, 15) is 0 Å². The van der Waals surface area contributed by atoms with E-state index in [2.05, 4.69) is 205 Å². The summed E-state index contributed by atoms with van der Waals surface area (Å²) >= 11 is 0. The van der Waals surface area contributed by atoms with E-state index in [1.165, 1.54) is 65.7 Å². The van der Waals surface area contributed by atoms with Crippen molar-refractivity contribution in [2.45, 2.75) is 0 Å². The van der Waals surface area contributed by atoms with Gasteiger partial charge in [0, 0.05) is 16.9 Å². The van der Waals surface area contributed by atoms with Crippen LogP contribution in [0.3, 0.4) is 0 Å². The predicted molar refractivity (Wildman–Crippen MR) is 210 cm³/mol. The number of nitrogens with zero attached hydrogens (tertiary/aromatic N) is 1. The van der Waals surface area contributed by atoms with Gasteiger partial charge >= 0.3 is 0 Å². The molecule has 9 rings (SSSR count). The zero-order chi connectivity index (χ0) is 32.6. The van der Waals surface area contributed by atoms with Crippen molar-refractivity contribution in [2.24, 2.45) is 0 Å². The maximum absolute atomic E-state index is 2.46. The van der Waals surface area contributed by atoms with Gasteiger partial charge in [0.25, 0.3) is 0 Å². The van der Waals surface area contributed by atoms with Crippen molar-refractivity contribution in [3.63, 3.8) is 0 Å². The van der Waals surface area contributed by atoms with E-state index in [4.69, 9.17) is 0 Å². The fourth-order valence-electron chi connectivity index (χ4n) is 7.17. The molecule has 1 heteroatoms. The molecule has 0 saturated heterocycles. The van der Waals surface area contributed by atoms with Crippen molar-refractivity contribution >= 4 is 49.4 Å². The number of anilines is 3. The summed E-state index contributed by atoms with van der Waals surface area (Å²) in [7, 11) is 0. The second-order valence-electron chi connectivity index (χ2n) is 12.6. The first-order valence-electron chi connectivity index (χ1n) is 16.8. The summed E-state index contributed by atoms with van der Waals surface area (Å²) in [6, 6.07) is 72.7. The summed E-state index contributed by atoms with van der Waals surface area (Å²) in [5.74, 6) is 0. The molecule has 0 aliphatic carbocycles. The van der Waals surface area contributed by atoms with Crippen LogP contribution in [0.5, 0.6) is 0 Å². The van der Waals surface area contributed by atoms with Gasteiger partial charge in [0.05, 0.1) is 5.69 Å². The summed E-state index contributed by atoms with van der Waals surface area (Å²) in [4.78, 5) is 2.46. The SMILES string of the molecule is c1ccc(-c2cc(-c3ccccc3)cc(N(c3ccc4ccccc4c3)c3ccc4ccccc4c3-c3ccc4ccccc4c3)c2)cc1. The molecule has 0 aliphatic rings. The van der Waals surface area contributed by atoms with Crippen LogP contribution in [-0.4, -0.2) is 0 Å². The number of benzene rings is 9. The molecular formula is C48H33N. The molecule has 0 amide bonds. The molecule has 0 spiro atoms. The first-order chi connectivity index (χ1) is 24.3. The van der Waals surface area contributed by atoms with E-state index in [1.54, 1.807) is 0 Å². The average molecular weight is 624 g/mol. The highest BCUT2D eigenvalue weighted by molar-refractivity contribution is 6.07. The number of fused-ring (bicyclic) bond motifs is 3. The zero-order valence-corrected chi connectivity index (χ0v) is 27.0. The molecule has 0 saturated carbocycles. The molecule has 1 nitrogen and oxygen atoms in total. The predicted octanol–water partition coefficient (Wildman–Crippen LogP) is 13.6. The third-order valence-electron chi connectivity index (χ3n) is 9.57.